The Morgan fingerprint density at radius 1 is 1.63 bits per heavy atom. The molecule has 1 heterocycles. The van der Waals surface area contributed by atoms with Crippen LogP contribution >= 0.6 is 11.6 Å². The molecule has 0 aliphatic carbocycles. The summed E-state index contributed by atoms with van der Waals surface area (Å²) in [5, 5.41) is 2.84. The minimum Gasteiger partial charge on any atom is -0.350 e. The van der Waals surface area contributed by atoms with Gasteiger partial charge in [-0.2, -0.15) is 0 Å². The van der Waals surface area contributed by atoms with Crippen LogP contribution < -0.4 is 5.32 Å². The summed E-state index contributed by atoms with van der Waals surface area (Å²) in [5.74, 6) is 0.519. The van der Waals surface area contributed by atoms with Crippen molar-refractivity contribution in [1.29, 1.82) is 0 Å². The summed E-state index contributed by atoms with van der Waals surface area (Å²) in [5.41, 5.74) is 1.39. The first kappa shape index (κ1) is 15.5. The molecule has 1 aromatic heterocycles. The molecule has 104 valence electrons. The van der Waals surface area contributed by atoms with Crippen molar-refractivity contribution >= 4 is 29.5 Å². The molecule has 1 rings (SSSR count). The number of carbonyl (C=O) groups is 1. The van der Waals surface area contributed by atoms with Gasteiger partial charge in [-0.1, -0.05) is 6.08 Å². The van der Waals surface area contributed by atoms with Crippen LogP contribution in [0.25, 0.3) is 0 Å². The van der Waals surface area contributed by atoms with Crippen molar-refractivity contribution in [3.8, 4) is 0 Å². The number of carbonyl (C=O) groups excluding carboxylic acids is 1. The third-order valence-corrected chi connectivity index (χ3v) is 2.87. The molecule has 0 aliphatic heterocycles. The van der Waals surface area contributed by atoms with E-state index in [1.165, 1.54) is 0 Å². The molecule has 2 N–H and O–H groups in total. The molecule has 0 fully saturated rings. The zero-order chi connectivity index (χ0) is 14.6. The van der Waals surface area contributed by atoms with Gasteiger partial charge in [0.2, 0.25) is 0 Å². The van der Waals surface area contributed by atoms with Gasteiger partial charge in [-0.15, -0.1) is 18.2 Å². The Hall–Kier alpha value is -1.55. The maximum Gasteiger partial charge on any atom is 0.253 e. The predicted molar refractivity (Wildman–Crippen MR) is 80.7 cm³/mol. The summed E-state index contributed by atoms with van der Waals surface area (Å²) in [6.07, 6.45) is 4.84. The molecular weight excluding hydrogens is 262 g/mol. The lowest BCUT2D eigenvalue weighted by Crippen LogP contribution is -2.30. The van der Waals surface area contributed by atoms with Crippen molar-refractivity contribution in [2.75, 3.05) is 0 Å². The Morgan fingerprint density at radius 2 is 2.26 bits per heavy atom. The van der Waals surface area contributed by atoms with E-state index >= 15 is 0 Å². The Balaban J connectivity index is 2.93. The molecule has 0 aliphatic rings. The monoisotopic (exact) mass is 281 g/mol. The van der Waals surface area contributed by atoms with Gasteiger partial charge in [0.05, 0.1) is 10.4 Å². The van der Waals surface area contributed by atoms with Crippen molar-refractivity contribution in [2.24, 2.45) is 4.99 Å². The maximum atomic E-state index is 11.9. The molecule has 0 spiro atoms. The number of nitrogens with zero attached hydrogens (tertiary/aromatic N) is 1. The topological polar surface area (TPSA) is 57.2 Å². The highest BCUT2D eigenvalue weighted by molar-refractivity contribution is 6.33. The number of allylic oxidation sites excluding steroid dienone is 1. The number of hydrogen-bond acceptors (Lipinski definition) is 2. The van der Waals surface area contributed by atoms with Gasteiger partial charge in [-0.05, 0) is 27.7 Å². The van der Waals surface area contributed by atoms with E-state index in [1.807, 2.05) is 20.8 Å². The number of aromatic nitrogens is 1. The second-order valence-corrected chi connectivity index (χ2v) is 5.73. The lowest BCUT2D eigenvalue weighted by Gasteiger charge is -2.09. The number of hydrogen-bond donors (Lipinski definition) is 2. The third kappa shape index (κ3) is 4.24. The minimum atomic E-state index is -0.697. The van der Waals surface area contributed by atoms with Gasteiger partial charge in [-0.25, -0.2) is 4.99 Å². The second-order valence-electron chi connectivity index (χ2n) is 4.92. The van der Waals surface area contributed by atoms with Crippen molar-refractivity contribution < 1.29 is 4.79 Å². The number of halogens is 1. The van der Waals surface area contributed by atoms with Gasteiger partial charge in [0.25, 0.3) is 5.91 Å². The van der Waals surface area contributed by atoms with Crippen molar-refractivity contribution in [1.82, 2.24) is 10.3 Å². The summed E-state index contributed by atoms with van der Waals surface area (Å²) in [4.78, 5) is 18.5. The standard InChI is InChI=1S/C14H20ClN3O/c1-6-14(5,15)8-17-12-10(4)11(7-16-12)13(19)18-9(2)3/h6-9,16H,1H2,2-5H3,(H,18,19)/t14-/m1/s1. The highest BCUT2D eigenvalue weighted by Crippen LogP contribution is 2.22. The summed E-state index contributed by atoms with van der Waals surface area (Å²) < 4.78 is 0. The van der Waals surface area contributed by atoms with Crippen LogP contribution in [0.1, 0.15) is 36.7 Å². The number of H-pyrrole nitrogens is 1. The minimum absolute atomic E-state index is 0.0978. The van der Waals surface area contributed by atoms with E-state index in [2.05, 4.69) is 21.9 Å². The molecule has 0 saturated carbocycles. The van der Waals surface area contributed by atoms with E-state index in [1.54, 1.807) is 25.4 Å². The van der Waals surface area contributed by atoms with Gasteiger partial charge < -0.3 is 10.3 Å². The van der Waals surface area contributed by atoms with Gasteiger partial charge in [0.1, 0.15) is 5.82 Å². The fraction of sp³-hybridized carbons (Fsp3) is 0.429. The number of aliphatic imine (C=N–C) groups is 1. The largest absolute Gasteiger partial charge is 0.350 e. The highest BCUT2D eigenvalue weighted by Gasteiger charge is 2.16. The molecule has 5 heteroatoms. The number of rotatable bonds is 5. The number of amides is 1. The first-order valence-corrected chi connectivity index (χ1v) is 6.51. The molecular formula is C14H20ClN3O. The van der Waals surface area contributed by atoms with Gasteiger partial charge in [0.15, 0.2) is 0 Å². The Kier molecular flexibility index (Phi) is 4.95. The lowest BCUT2D eigenvalue weighted by molar-refractivity contribution is 0.0942. The highest BCUT2D eigenvalue weighted by atomic mass is 35.5. The first-order valence-electron chi connectivity index (χ1n) is 6.13. The third-order valence-electron chi connectivity index (χ3n) is 2.62. The Morgan fingerprint density at radius 3 is 2.79 bits per heavy atom. The average Bonchev–Trinajstić information content (AvgIpc) is 2.67. The molecule has 0 radical (unpaired) electrons. The fourth-order valence-corrected chi connectivity index (χ4v) is 1.49. The smallest absolute Gasteiger partial charge is 0.253 e. The predicted octanol–water partition coefficient (Wildman–Crippen LogP) is 3.35. The molecule has 0 saturated heterocycles. The molecule has 1 amide bonds. The van der Waals surface area contributed by atoms with E-state index in [0.29, 0.717) is 11.4 Å². The summed E-state index contributed by atoms with van der Waals surface area (Å²) in [6.45, 7) is 11.1. The normalized spacial score (nSPS) is 14.6. The zero-order valence-corrected chi connectivity index (χ0v) is 12.5. The van der Waals surface area contributed by atoms with E-state index < -0.39 is 4.87 Å². The second kappa shape index (κ2) is 6.06. The Labute approximate surface area is 119 Å². The van der Waals surface area contributed by atoms with Crippen LogP contribution in [0.2, 0.25) is 0 Å². The first-order chi connectivity index (χ1) is 8.76. The van der Waals surface area contributed by atoms with Crippen LogP contribution in [0.15, 0.2) is 23.8 Å². The molecule has 0 bridgehead atoms. The average molecular weight is 282 g/mol. The van der Waals surface area contributed by atoms with Crippen LogP contribution in [-0.2, 0) is 0 Å². The van der Waals surface area contributed by atoms with Crippen molar-refractivity contribution in [3.63, 3.8) is 0 Å². The number of aromatic amines is 1. The molecule has 19 heavy (non-hydrogen) atoms. The summed E-state index contributed by atoms with van der Waals surface area (Å²) >= 11 is 6.10. The quantitative estimate of drug-likeness (QED) is 0.485. The Bertz CT molecular complexity index is 501. The van der Waals surface area contributed by atoms with Gasteiger partial charge in [0, 0.05) is 24.0 Å². The van der Waals surface area contributed by atoms with E-state index in [4.69, 9.17) is 11.6 Å². The van der Waals surface area contributed by atoms with E-state index in [0.717, 1.165) is 5.56 Å². The van der Waals surface area contributed by atoms with Crippen molar-refractivity contribution in [2.45, 2.75) is 38.6 Å². The van der Waals surface area contributed by atoms with Crippen LogP contribution in [0.3, 0.4) is 0 Å². The van der Waals surface area contributed by atoms with Crippen LogP contribution in [-0.4, -0.2) is 28.0 Å². The van der Waals surface area contributed by atoms with Crippen LogP contribution in [0.5, 0.6) is 0 Å². The summed E-state index contributed by atoms with van der Waals surface area (Å²) in [6, 6.07) is 0.0978. The SMILES string of the molecule is C=C[C@@](C)(Cl)C=Nc1[nH]cc(C(=O)NC(C)C)c1C. The van der Waals surface area contributed by atoms with Gasteiger partial charge >= 0.3 is 0 Å². The zero-order valence-electron chi connectivity index (χ0n) is 11.7. The molecule has 0 aromatic carbocycles. The molecule has 0 unspecified atom stereocenters. The van der Waals surface area contributed by atoms with Crippen LogP contribution in [0.4, 0.5) is 5.82 Å². The van der Waals surface area contributed by atoms with E-state index in [9.17, 15) is 4.79 Å². The van der Waals surface area contributed by atoms with Gasteiger partial charge in [-0.3, -0.25) is 4.79 Å². The molecule has 1 atom stereocenters. The molecule has 1 aromatic rings. The van der Waals surface area contributed by atoms with Crippen LogP contribution in [0, 0.1) is 6.92 Å². The summed E-state index contributed by atoms with van der Waals surface area (Å²) in [7, 11) is 0. The number of nitrogens with one attached hydrogen (secondary N) is 2. The number of alkyl halides is 1. The van der Waals surface area contributed by atoms with Crippen molar-refractivity contribution in [3.05, 3.63) is 30.0 Å². The fourth-order valence-electron chi connectivity index (χ4n) is 1.44. The molecule has 4 nitrogen and oxygen atoms in total. The lowest BCUT2D eigenvalue weighted by atomic mass is 10.2. The van der Waals surface area contributed by atoms with E-state index in [-0.39, 0.29) is 11.9 Å². The maximum absolute atomic E-state index is 11.9.